The highest BCUT2D eigenvalue weighted by Gasteiger charge is 2.35. The molecule has 1 aromatic heterocycles. The lowest BCUT2D eigenvalue weighted by molar-refractivity contribution is -0.00864. The van der Waals surface area contributed by atoms with Crippen molar-refractivity contribution in [2.24, 2.45) is 5.92 Å². The summed E-state index contributed by atoms with van der Waals surface area (Å²) in [4.78, 5) is 6.94. The molecule has 1 N–H and O–H groups in total. The molecular weight excluding hydrogens is 260 g/mol. The van der Waals surface area contributed by atoms with E-state index in [0.29, 0.717) is 12.0 Å². The van der Waals surface area contributed by atoms with Crippen molar-refractivity contribution < 1.29 is 5.11 Å². The van der Waals surface area contributed by atoms with Crippen molar-refractivity contribution in [3.63, 3.8) is 0 Å². The summed E-state index contributed by atoms with van der Waals surface area (Å²) in [5.74, 6) is 0.483. The first kappa shape index (κ1) is 15.0. The molecule has 2 heterocycles. The average Bonchev–Trinajstić information content (AvgIpc) is 2.49. The number of aromatic nitrogens is 1. The van der Waals surface area contributed by atoms with E-state index in [0.717, 1.165) is 13.0 Å². The largest absolute Gasteiger partial charge is 0.393 e. The van der Waals surface area contributed by atoms with Gasteiger partial charge in [-0.2, -0.15) is 0 Å². The lowest BCUT2D eigenvalue weighted by atomic mass is 9.78. The van der Waals surface area contributed by atoms with Crippen LogP contribution in [0.1, 0.15) is 56.1 Å². The molecule has 3 rings (SSSR count). The molecule has 1 saturated heterocycles. The molecule has 3 atom stereocenters. The van der Waals surface area contributed by atoms with E-state index >= 15 is 0 Å². The minimum absolute atomic E-state index is 0.0833. The molecule has 0 bridgehead atoms. The molecule has 0 spiro atoms. The third-order valence-corrected chi connectivity index (χ3v) is 5.26. The summed E-state index contributed by atoms with van der Waals surface area (Å²) in [5, 5.41) is 10.4. The van der Waals surface area contributed by atoms with Crippen LogP contribution >= 0.6 is 0 Å². The SMILES string of the molecule is Cc1cncc(CN2CCCCC2C2CCCCC2O)c1. The molecule has 21 heavy (non-hydrogen) atoms. The predicted octanol–water partition coefficient (Wildman–Crippen LogP) is 3.30. The molecule has 1 aliphatic carbocycles. The fraction of sp³-hybridized carbons (Fsp3) is 0.722. The van der Waals surface area contributed by atoms with E-state index in [1.165, 1.54) is 56.2 Å². The molecule has 3 heteroatoms. The molecule has 3 nitrogen and oxygen atoms in total. The van der Waals surface area contributed by atoms with Gasteiger partial charge in [0.2, 0.25) is 0 Å². The standard InChI is InChI=1S/C18H28N2O/c1-14-10-15(12-19-11-14)13-20-9-5-4-7-17(20)16-6-2-3-8-18(16)21/h10-12,16-18,21H,2-9,13H2,1H3. The second kappa shape index (κ2) is 6.89. The highest BCUT2D eigenvalue weighted by molar-refractivity contribution is 5.16. The summed E-state index contributed by atoms with van der Waals surface area (Å²) in [6.07, 6.45) is 12.4. The zero-order valence-electron chi connectivity index (χ0n) is 13.2. The number of pyridine rings is 1. The Labute approximate surface area is 128 Å². The summed E-state index contributed by atoms with van der Waals surface area (Å²) in [6, 6.07) is 2.81. The molecular formula is C18H28N2O. The minimum atomic E-state index is -0.0833. The van der Waals surface area contributed by atoms with E-state index in [2.05, 4.69) is 22.9 Å². The first-order valence-corrected chi connectivity index (χ1v) is 8.56. The van der Waals surface area contributed by atoms with Gasteiger partial charge in [0.25, 0.3) is 0 Å². The summed E-state index contributed by atoms with van der Waals surface area (Å²) in [6.45, 7) is 4.26. The third-order valence-electron chi connectivity index (χ3n) is 5.26. The van der Waals surface area contributed by atoms with Crippen LogP contribution in [-0.2, 0) is 6.54 Å². The van der Waals surface area contributed by atoms with Crippen LogP contribution in [0.4, 0.5) is 0 Å². The number of aliphatic hydroxyl groups is 1. The van der Waals surface area contributed by atoms with Crippen LogP contribution in [0, 0.1) is 12.8 Å². The van der Waals surface area contributed by atoms with Gasteiger partial charge in [-0.25, -0.2) is 0 Å². The molecule has 1 saturated carbocycles. The molecule has 116 valence electrons. The highest BCUT2D eigenvalue weighted by atomic mass is 16.3. The van der Waals surface area contributed by atoms with Gasteiger partial charge < -0.3 is 5.11 Å². The Hall–Kier alpha value is -0.930. The van der Waals surface area contributed by atoms with E-state index < -0.39 is 0 Å². The summed E-state index contributed by atoms with van der Waals surface area (Å²) >= 11 is 0. The van der Waals surface area contributed by atoms with Crippen LogP contribution in [0.15, 0.2) is 18.5 Å². The molecule has 0 amide bonds. The Kier molecular flexibility index (Phi) is 4.91. The van der Waals surface area contributed by atoms with Crippen molar-refractivity contribution in [1.82, 2.24) is 9.88 Å². The topological polar surface area (TPSA) is 36.4 Å². The Balaban J connectivity index is 1.71. The number of hydrogen-bond acceptors (Lipinski definition) is 3. The fourth-order valence-corrected chi connectivity index (χ4v) is 4.23. The quantitative estimate of drug-likeness (QED) is 0.927. The lowest BCUT2D eigenvalue weighted by Crippen LogP contribution is -2.48. The summed E-state index contributed by atoms with van der Waals surface area (Å²) in [5.41, 5.74) is 2.55. The van der Waals surface area contributed by atoms with E-state index in [9.17, 15) is 5.11 Å². The van der Waals surface area contributed by atoms with Crippen molar-refractivity contribution >= 4 is 0 Å². The Bertz CT molecular complexity index is 462. The van der Waals surface area contributed by atoms with Crippen molar-refractivity contribution in [2.75, 3.05) is 6.54 Å². The van der Waals surface area contributed by atoms with Gasteiger partial charge in [-0.05, 0) is 50.3 Å². The van der Waals surface area contributed by atoms with Gasteiger partial charge in [0, 0.05) is 30.9 Å². The molecule has 2 aliphatic rings. The van der Waals surface area contributed by atoms with E-state index in [4.69, 9.17) is 0 Å². The van der Waals surface area contributed by atoms with Crippen LogP contribution in [0.2, 0.25) is 0 Å². The maximum atomic E-state index is 10.4. The number of piperidine rings is 1. The molecule has 0 radical (unpaired) electrons. The second-order valence-corrected chi connectivity index (χ2v) is 6.92. The zero-order valence-corrected chi connectivity index (χ0v) is 13.2. The van der Waals surface area contributed by atoms with Crippen molar-refractivity contribution in [3.05, 3.63) is 29.6 Å². The van der Waals surface area contributed by atoms with Gasteiger partial charge in [0.05, 0.1) is 6.10 Å². The number of likely N-dealkylation sites (tertiary alicyclic amines) is 1. The number of hydrogen-bond donors (Lipinski definition) is 1. The van der Waals surface area contributed by atoms with Gasteiger partial charge in [0.1, 0.15) is 0 Å². The highest BCUT2D eigenvalue weighted by Crippen LogP contribution is 2.34. The van der Waals surface area contributed by atoms with Crippen LogP contribution in [-0.4, -0.2) is 33.7 Å². The number of aliphatic hydroxyl groups excluding tert-OH is 1. The van der Waals surface area contributed by atoms with Crippen LogP contribution in [0.25, 0.3) is 0 Å². The zero-order chi connectivity index (χ0) is 14.7. The minimum Gasteiger partial charge on any atom is -0.393 e. The second-order valence-electron chi connectivity index (χ2n) is 6.92. The first-order chi connectivity index (χ1) is 10.2. The van der Waals surface area contributed by atoms with Crippen LogP contribution in [0.3, 0.4) is 0 Å². The molecule has 1 aromatic rings. The predicted molar refractivity (Wildman–Crippen MR) is 85.0 cm³/mol. The Morgan fingerprint density at radius 2 is 1.95 bits per heavy atom. The van der Waals surface area contributed by atoms with E-state index in [1.807, 2.05) is 12.4 Å². The summed E-state index contributed by atoms with van der Waals surface area (Å²) < 4.78 is 0. The fourth-order valence-electron chi connectivity index (χ4n) is 4.23. The molecule has 0 aromatic carbocycles. The lowest BCUT2D eigenvalue weighted by Gasteiger charge is -2.43. The molecule has 3 unspecified atom stereocenters. The third kappa shape index (κ3) is 3.64. The number of rotatable bonds is 3. The van der Waals surface area contributed by atoms with Gasteiger partial charge in [0.15, 0.2) is 0 Å². The molecule has 1 aliphatic heterocycles. The van der Waals surface area contributed by atoms with Crippen LogP contribution in [0.5, 0.6) is 0 Å². The number of aryl methyl sites for hydroxylation is 1. The number of nitrogens with zero attached hydrogens (tertiary/aromatic N) is 2. The maximum Gasteiger partial charge on any atom is 0.0583 e. The molecule has 2 fully saturated rings. The normalized spacial score (nSPS) is 31.2. The Morgan fingerprint density at radius 1 is 1.14 bits per heavy atom. The van der Waals surface area contributed by atoms with Crippen LogP contribution < -0.4 is 0 Å². The van der Waals surface area contributed by atoms with Crippen molar-refractivity contribution in [2.45, 2.75) is 70.6 Å². The van der Waals surface area contributed by atoms with Gasteiger partial charge >= 0.3 is 0 Å². The smallest absolute Gasteiger partial charge is 0.0583 e. The maximum absolute atomic E-state index is 10.4. The van der Waals surface area contributed by atoms with Crippen molar-refractivity contribution in [1.29, 1.82) is 0 Å². The van der Waals surface area contributed by atoms with E-state index in [-0.39, 0.29) is 6.10 Å². The Morgan fingerprint density at radius 3 is 2.76 bits per heavy atom. The summed E-state index contributed by atoms with van der Waals surface area (Å²) in [7, 11) is 0. The van der Waals surface area contributed by atoms with Gasteiger partial charge in [-0.15, -0.1) is 0 Å². The average molecular weight is 288 g/mol. The van der Waals surface area contributed by atoms with Crippen molar-refractivity contribution in [3.8, 4) is 0 Å². The van der Waals surface area contributed by atoms with Gasteiger partial charge in [-0.3, -0.25) is 9.88 Å². The van der Waals surface area contributed by atoms with E-state index in [1.54, 1.807) is 0 Å². The monoisotopic (exact) mass is 288 g/mol. The first-order valence-electron chi connectivity index (χ1n) is 8.56. The van der Waals surface area contributed by atoms with Gasteiger partial charge in [-0.1, -0.05) is 25.3 Å².